The van der Waals surface area contributed by atoms with Gasteiger partial charge in [-0.2, -0.15) is 10.2 Å². The van der Waals surface area contributed by atoms with Crippen LogP contribution in [0.5, 0.6) is 23.0 Å². The summed E-state index contributed by atoms with van der Waals surface area (Å²) in [6.45, 7) is 5.66. The van der Waals surface area contributed by atoms with Gasteiger partial charge in [-0.25, -0.2) is 0 Å². The lowest BCUT2D eigenvalue weighted by atomic mass is 10.2. The number of carbonyl (C=O) groups is 2. The van der Waals surface area contributed by atoms with Crippen molar-refractivity contribution in [3.63, 3.8) is 0 Å². The van der Waals surface area contributed by atoms with Crippen LogP contribution in [0, 0.1) is 0 Å². The average molecular weight is 464 g/mol. The Balaban J connectivity index is 2.28. The van der Waals surface area contributed by atoms with Gasteiger partial charge in [0.15, 0.2) is 17.3 Å². The minimum absolute atomic E-state index is 0.261. The minimum atomic E-state index is -1.37. The number of hydrogen-bond acceptors (Lipinski definition) is 8. The van der Waals surface area contributed by atoms with Gasteiger partial charge in [-0.3, -0.25) is 9.59 Å². The van der Waals surface area contributed by atoms with Crippen LogP contribution < -0.4 is 24.3 Å². The van der Waals surface area contributed by atoms with Crippen molar-refractivity contribution in [3.05, 3.63) is 35.4 Å². The topological polar surface area (TPSA) is 108 Å². The summed E-state index contributed by atoms with van der Waals surface area (Å²) >= 11 is 6.28. The highest BCUT2D eigenvalue weighted by Crippen LogP contribution is 2.38. The number of anilines is 1. The Morgan fingerprint density at radius 2 is 1.75 bits per heavy atom. The third-order valence-corrected chi connectivity index (χ3v) is 4.45. The number of amides is 1. The van der Waals surface area contributed by atoms with Crippen molar-refractivity contribution in [3.8, 4) is 23.0 Å². The van der Waals surface area contributed by atoms with Gasteiger partial charge in [0.05, 0.1) is 32.5 Å². The van der Waals surface area contributed by atoms with Gasteiger partial charge in [-0.1, -0.05) is 11.6 Å². The van der Waals surface area contributed by atoms with E-state index in [-0.39, 0.29) is 5.02 Å². The fourth-order valence-electron chi connectivity index (χ4n) is 2.70. The zero-order valence-corrected chi connectivity index (χ0v) is 19.4. The van der Waals surface area contributed by atoms with E-state index < -0.39 is 17.7 Å². The number of nitrogens with zero attached hydrogens (tertiary/aromatic N) is 2. The third kappa shape index (κ3) is 6.34. The summed E-state index contributed by atoms with van der Waals surface area (Å²) in [5.41, 5.74) is 0.672. The highest BCUT2D eigenvalue weighted by molar-refractivity contribution is 6.32. The molecule has 0 fully saturated rings. The van der Waals surface area contributed by atoms with Crippen molar-refractivity contribution in [2.75, 3.05) is 32.8 Å². The summed E-state index contributed by atoms with van der Waals surface area (Å²) in [5.74, 6) is 0.552. The second-order valence-corrected chi connectivity index (χ2v) is 6.81. The summed E-state index contributed by atoms with van der Waals surface area (Å²) in [4.78, 5) is 24.9. The number of hydrogen-bond donors (Lipinski definition) is 1. The van der Waals surface area contributed by atoms with Gasteiger partial charge in [-0.05, 0) is 39.0 Å². The van der Waals surface area contributed by atoms with Crippen LogP contribution in [0.3, 0.4) is 0 Å². The van der Waals surface area contributed by atoms with Crippen molar-refractivity contribution in [1.29, 1.82) is 0 Å². The predicted octanol–water partition coefficient (Wildman–Crippen LogP) is 4.83. The molecule has 0 aliphatic rings. The highest BCUT2D eigenvalue weighted by Gasteiger charge is 2.24. The molecule has 0 spiro atoms. The number of nitrogens with one attached hydrogen (secondary N) is 1. The number of halogens is 1. The van der Waals surface area contributed by atoms with Crippen LogP contribution in [0.15, 0.2) is 40.6 Å². The second-order valence-electron chi connectivity index (χ2n) is 6.41. The number of ether oxygens (including phenoxy) is 4. The van der Waals surface area contributed by atoms with E-state index in [1.807, 2.05) is 13.8 Å². The van der Waals surface area contributed by atoms with E-state index in [9.17, 15) is 9.59 Å². The molecule has 2 aromatic rings. The molecule has 1 amide bonds. The van der Waals surface area contributed by atoms with Gasteiger partial charge in [0.1, 0.15) is 17.2 Å². The Bertz CT molecular complexity index is 996. The van der Waals surface area contributed by atoms with E-state index in [2.05, 4.69) is 15.5 Å². The fraction of sp³-hybridized carbons (Fsp3) is 0.364. The number of carbonyl (C=O) groups excluding carboxylic acids is 2. The van der Waals surface area contributed by atoms with Gasteiger partial charge < -0.3 is 24.3 Å². The lowest BCUT2D eigenvalue weighted by molar-refractivity contribution is -0.126. The zero-order valence-electron chi connectivity index (χ0n) is 18.6. The molecule has 0 saturated heterocycles. The first-order valence-corrected chi connectivity index (χ1v) is 10.3. The Kier molecular flexibility index (Phi) is 9.27. The van der Waals surface area contributed by atoms with E-state index >= 15 is 0 Å². The average Bonchev–Trinajstić information content (AvgIpc) is 2.76. The van der Waals surface area contributed by atoms with Gasteiger partial charge >= 0.3 is 0 Å². The lowest BCUT2D eigenvalue weighted by Gasteiger charge is -2.15. The number of ketones is 1. The summed E-state index contributed by atoms with van der Waals surface area (Å²) in [5, 5.41) is 10.9. The molecule has 0 bridgehead atoms. The number of Topliss-reactive ketones (excluding diaryl/α,β-unsaturated/α-hetero) is 1. The van der Waals surface area contributed by atoms with Crippen molar-refractivity contribution < 1.29 is 28.5 Å². The number of benzene rings is 2. The van der Waals surface area contributed by atoms with Crippen molar-refractivity contribution in [2.24, 2.45) is 10.2 Å². The standard InChI is InChI=1S/C22H26ClN3O6/c1-6-31-19-11-14(10-16(23)21(19)32-7-2)24-22(28)20(13(3)27)26-25-17-9-8-15(29-4)12-18(17)30-5/h8-12,20H,6-7H2,1-5H3,(H,24,28). The molecule has 2 rings (SSSR count). The third-order valence-electron chi connectivity index (χ3n) is 4.17. The molecule has 0 aliphatic carbocycles. The van der Waals surface area contributed by atoms with Crippen LogP contribution in [0.1, 0.15) is 20.8 Å². The summed E-state index contributed by atoms with van der Waals surface area (Å²) in [7, 11) is 2.99. The quantitative estimate of drug-likeness (QED) is 0.377. The number of azo groups is 1. The van der Waals surface area contributed by atoms with E-state index in [4.69, 9.17) is 30.5 Å². The van der Waals surface area contributed by atoms with Gasteiger partial charge in [-0.15, -0.1) is 0 Å². The number of rotatable bonds is 11. The lowest BCUT2D eigenvalue weighted by Crippen LogP contribution is -2.31. The normalized spacial score (nSPS) is 11.7. The molecule has 172 valence electrons. The van der Waals surface area contributed by atoms with E-state index in [1.54, 1.807) is 24.3 Å². The van der Waals surface area contributed by atoms with E-state index in [1.165, 1.54) is 27.2 Å². The Labute approximate surface area is 191 Å². The van der Waals surface area contributed by atoms with Crippen LogP contribution in [-0.2, 0) is 9.59 Å². The van der Waals surface area contributed by atoms with Crippen LogP contribution in [0.4, 0.5) is 11.4 Å². The molecule has 0 saturated carbocycles. The van der Waals surface area contributed by atoms with Crippen LogP contribution in [0.2, 0.25) is 5.02 Å². The van der Waals surface area contributed by atoms with Crippen molar-refractivity contribution in [2.45, 2.75) is 26.8 Å². The number of methoxy groups -OCH3 is 2. The first-order valence-electron chi connectivity index (χ1n) is 9.87. The first-order chi connectivity index (χ1) is 15.3. The molecule has 0 heterocycles. The Hall–Kier alpha value is -3.33. The van der Waals surface area contributed by atoms with Crippen LogP contribution in [-0.4, -0.2) is 45.2 Å². The first kappa shape index (κ1) is 24.9. The zero-order chi connectivity index (χ0) is 23.7. The SMILES string of the molecule is CCOc1cc(NC(=O)C(N=Nc2ccc(OC)cc2OC)C(C)=O)cc(Cl)c1OCC. The summed E-state index contributed by atoms with van der Waals surface area (Å²) in [6, 6.07) is 6.59. The molecule has 2 aromatic carbocycles. The van der Waals surface area contributed by atoms with Crippen LogP contribution >= 0.6 is 11.6 Å². The maximum Gasteiger partial charge on any atom is 0.258 e. The molecule has 32 heavy (non-hydrogen) atoms. The highest BCUT2D eigenvalue weighted by atomic mass is 35.5. The van der Waals surface area contributed by atoms with Crippen molar-refractivity contribution >= 4 is 34.7 Å². The van der Waals surface area contributed by atoms with Crippen molar-refractivity contribution in [1.82, 2.24) is 0 Å². The summed E-state index contributed by atoms with van der Waals surface area (Å²) < 4.78 is 21.5. The molecule has 9 nitrogen and oxygen atoms in total. The van der Waals surface area contributed by atoms with Gasteiger partial charge in [0, 0.05) is 17.8 Å². The minimum Gasteiger partial charge on any atom is -0.497 e. The van der Waals surface area contributed by atoms with Gasteiger partial charge in [0.2, 0.25) is 6.04 Å². The Morgan fingerprint density at radius 3 is 2.34 bits per heavy atom. The molecule has 1 atom stereocenters. The Morgan fingerprint density at radius 1 is 1.03 bits per heavy atom. The summed E-state index contributed by atoms with van der Waals surface area (Å²) in [6.07, 6.45) is 0. The molecular formula is C22H26ClN3O6. The molecule has 1 unspecified atom stereocenters. The van der Waals surface area contributed by atoms with Gasteiger partial charge in [0.25, 0.3) is 5.91 Å². The maximum atomic E-state index is 12.8. The van der Waals surface area contributed by atoms with E-state index in [0.717, 1.165) is 0 Å². The molecule has 10 heteroatoms. The molecule has 0 aliphatic heterocycles. The maximum absolute atomic E-state index is 12.8. The van der Waals surface area contributed by atoms with Crippen LogP contribution in [0.25, 0.3) is 0 Å². The monoisotopic (exact) mass is 463 g/mol. The molecule has 1 N–H and O–H groups in total. The molecule has 0 aromatic heterocycles. The second kappa shape index (κ2) is 11.9. The predicted molar refractivity (Wildman–Crippen MR) is 121 cm³/mol. The smallest absolute Gasteiger partial charge is 0.258 e. The fourth-order valence-corrected chi connectivity index (χ4v) is 2.97. The largest absolute Gasteiger partial charge is 0.497 e. The molecular weight excluding hydrogens is 438 g/mol. The molecule has 0 radical (unpaired) electrons. The van der Waals surface area contributed by atoms with E-state index in [0.29, 0.717) is 47.6 Å².